The van der Waals surface area contributed by atoms with E-state index in [1.54, 1.807) is 11.8 Å². The topological polar surface area (TPSA) is 137 Å². The summed E-state index contributed by atoms with van der Waals surface area (Å²) in [5.41, 5.74) is 5.38. The molecule has 0 aliphatic carbocycles. The first-order valence-corrected chi connectivity index (χ1v) is 6.18. The molecule has 0 aromatic heterocycles. The van der Waals surface area contributed by atoms with Gasteiger partial charge in [0.2, 0.25) is 0 Å². The molecule has 5 N–H and O–H groups in total. The molecular weight excluding hydrogens is 339 g/mol. The lowest BCUT2D eigenvalue weighted by Crippen LogP contribution is -2.35. The second-order valence-corrected chi connectivity index (χ2v) is 4.16. The zero-order valence-corrected chi connectivity index (χ0v) is 14.2. The Kier molecular flexibility index (Phi) is 16.8. The number of nitrogens with zero attached hydrogens (tertiary/aromatic N) is 2. The third kappa shape index (κ3) is 11.2. The summed E-state index contributed by atoms with van der Waals surface area (Å²) in [5.74, 6) is -0.727. The fraction of sp³-hybridized carbons (Fsp3) is 0.727. The van der Waals surface area contributed by atoms with Crippen LogP contribution in [-0.4, -0.2) is 59.5 Å². The van der Waals surface area contributed by atoms with Crippen molar-refractivity contribution < 1.29 is 24.6 Å². The predicted octanol–water partition coefficient (Wildman–Crippen LogP) is 0.835. The van der Waals surface area contributed by atoms with E-state index in [1.807, 2.05) is 0 Å². The number of halogens is 2. The van der Waals surface area contributed by atoms with Gasteiger partial charge in [0.05, 0.1) is 0 Å². The largest absolute Gasteiger partial charge is 0.480 e. The zero-order valence-electron chi connectivity index (χ0n) is 12.5. The van der Waals surface area contributed by atoms with Gasteiger partial charge in [-0.1, -0.05) is 5.16 Å². The molecule has 0 aromatic carbocycles. The van der Waals surface area contributed by atoms with Crippen LogP contribution in [-0.2, 0) is 9.53 Å². The molecule has 0 unspecified atom stereocenters. The minimum atomic E-state index is -1.03. The molecule has 0 bridgehead atoms. The van der Waals surface area contributed by atoms with E-state index >= 15 is 0 Å². The molecule has 0 radical (unpaired) electrons. The molecular formula is C11H24Cl2N4O5. The van der Waals surface area contributed by atoms with Gasteiger partial charge in [0.25, 0.3) is 0 Å². The summed E-state index contributed by atoms with van der Waals surface area (Å²) >= 11 is 0. The van der Waals surface area contributed by atoms with Crippen molar-refractivity contribution >= 4 is 42.7 Å². The highest BCUT2D eigenvalue weighted by molar-refractivity contribution is 5.85. The number of carbonyl (C=O) groups is 2. The summed E-state index contributed by atoms with van der Waals surface area (Å²) < 4.78 is 4.86. The number of nitrogens with one attached hydrogen (secondary N) is 1. The van der Waals surface area contributed by atoms with Gasteiger partial charge in [-0.05, 0) is 26.2 Å². The Labute approximate surface area is 141 Å². The Morgan fingerprint density at radius 1 is 1.36 bits per heavy atom. The number of oxime groups is 1. The van der Waals surface area contributed by atoms with Gasteiger partial charge in [-0.25, -0.2) is 4.79 Å². The number of carboxylic acid groups (broad SMARTS) is 1. The quantitative estimate of drug-likeness (QED) is 0.125. The minimum absolute atomic E-state index is 0. The molecule has 0 saturated carbocycles. The number of amidine groups is 1. The Balaban J connectivity index is -0.00000180. The first-order chi connectivity index (χ1) is 9.42. The number of hydrogen-bond acceptors (Lipinski definition) is 6. The van der Waals surface area contributed by atoms with Crippen molar-refractivity contribution in [3.8, 4) is 0 Å². The highest BCUT2D eigenvalue weighted by Crippen LogP contribution is 2.03. The average molecular weight is 363 g/mol. The van der Waals surface area contributed by atoms with Crippen LogP contribution in [0.3, 0.4) is 0 Å². The van der Waals surface area contributed by atoms with Crippen LogP contribution >= 0.6 is 24.8 Å². The minimum Gasteiger partial charge on any atom is -0.480 e. The van der Waals surface area contributed by atoms with Crippen LogP contribution in [0.5, 0.6) is 0 Å². The lowest BCUT2D eigenvalue weighted by atomic mass is 10.1. The molecule has 1 amide bonds. The van der Waals surface area contributed by atoms with E-state index in [4.69, 9.17) is 20.8 Å². The number of ether oxygens (including phenoxy) is 1. The summed E-state index contributed by atoms with van der Waals surface area (Å²) in [6.07, 6.45) is 0.996. The molecule has 0 fully saturated rings. The van der Waals surface area contributed by atoms with Gasteiger partial charge >= 0.3 is 12.1 Å². The second kappa shape index (κ2) is 14.5. The SMILES string of the molecule is CNC(=O)OCN(CCCC[C@H](N)C(=O)O)/C(C)=N/O.Cl.Cl. The molecule has 0 spiro atoms. The van der Waals surface area contributed by atoms with Crippen LogP contribution in [0.1, 0.15) is 26.2 Å². The van der Waals surface area contributed by atoms with Crippen molar-refractivity contribution in [3.05, 3.63) is 0 Å². The van der Waals surface area contributed by atoms with E-state index in [1.165, 1.54) is 7.05 Å². The number of hydrogen-bond donors (Lipinski definition) is 4. The van der Waals surface area contributed by atoms with Gasteiger partial charge in [-0.3, -0.25) is 4.79 Å². The number of aliphatic carboxylic acids is 1. The van der Waals surface area contributed by atoms with Crippen LogP contribution in [0.25, 0.3) is 0 Å². The smallest absolute Gasteiger partial charge is 0.408 e. The molecule has 9 nitrogen and oxygen atoms in total. The molecule has 132 valence electrons. The number of nitrogens with two attached hydrogens (primary N) is 1. The van der Waals surface area contributed by atoms with E-state index < -0.39 is 18.1 Å². The molecule has 22 heavy (non-hydrogen) atoms. The maximum absolute atomic E-state index is 11.0. The maximum Gasteiger partial charge on any atom is 0.408 e. The molecule has 0 aliphatic heterocycles. The molecule has 0 aromatic rings. The Morgan fingerprint density at radius 2 is 1.95 bits per heavy atom. The third-order valence-corrected chi connectivity index (χ3v) is 2.67. The van der Waals surface area contributed by atoms with Crippen molar-refractivity contribution in [2.45, 2.75) is 32.2 Å². The van der Waals surface area contributed by atoms with Gasteiger partial charge in [-0.2, -0.15) is 0 Å². The third-order valence-electron chi connectivity index (χ3n) is 2.67. The number of rotatable bonds is 8. The van der Waals surface area contributed by atoms with Crippen molar-refractivity contribution in [2.75, 3.05) is 20.3 Å². The number of amides is 1. The molecule has 0 saturated heterocycles. The standard InChI is InChI=1S/C11H22N4O5.2ClH/c1-8(14-19)15(7-20-11(18)13-2)6-4-3-5-9(12)10(16)17;;/h9,19H,3-7,12H2,1-2H3,(H,13,18)(H,16,17);2*1H/b14-8+;;/t9-;;/m0../s1. The van der Waals surface area contributed by atoms with Gasteiger partial charge in [-0.15, -0.1) is 24.8 Å². The Morgan fingerprint density at radius 3 is 2.41 bits per heavy atom. The highest BCUT2D eigenvalue weighted by atomic mass is 35.5. The number of unbranched alkanes of at least 4 members (excludes halogenated alkanes) is 1. The molecule has 0 heterocycles. The normalized spacial score (nSPS) is 11.5. The first kappa shape index (κ1) is 25.5. The fourth-order valence-electron chi connectivity index (χ4n) is 1.38. The Hall–Kier alpha value is -1.45. The maximum atomic E-state index is 11.0. The summed E-state index contributed by atoms with van der Waals surface area (Å²) in [4.78, 5) is 23.1. The molecule has 0 aliphatic rings. The van der Waals surface area contributed by atoms with Crippen LogP contribution in [0.4, 0.5) is 4.79 Å². The van der Waals surface area contributed by atoms with Crippen LogP contribution in [0.2, 0.25) is 0 Å². The van der Waals surface area contributed by atoms with E-state index in [0.29, 0.717) is 31.6 Å². The van der Waals surface area contributed by atoms with Crippen LogP contribution < -0.4 is 11.1 Å². The fourth-order valence-corrected chi connectivity index (χ4v) is 1.38. The van der Waals surface area contributed by atoms with Crippen molar-refractivity contribution in [3.63, 3.8) is 0 Å². The lowest BCUT2D eigenvalue weighted by Gasteiger charge is -2.22. The summed E-state index contributed by atoms with van der Waals surface area (Å²) in [6, 6.07) is -0.877. The number of carbonyl (C=O) groups excluding carboxylic acids is 1. The summed E-state index contributed by atoms with van der Waals surface area (Å²) in [5, 5.41) is 22.7. The molecule has 1 atom stereocenters. The molecule has 11 heteroatoms. The summed E-state index contributed by atoms with van der Waals surface area (Å²) in [7, 11) is 1.44. The average Bonchev–Trinajstić information content (AvgIpc) is 2.44. The second-order valence-electron chi connectivity index (χ2n) is 4.16. The van der Waals surface area contributed by atoms with Crippen LogP contribution in [0, 0.1) is 0 Å². The number of alkyl carbamates (subject to hydrolysis) is 1. The Bertz CT molecular complexity index is 357. The first-order valence-electron chi connectivity index (χ1n) is 6.18. The number of carboxylic acids is 1. The van der Waals surface area contributed by atoms with Gasteiger partial charge < -0.3 is 31.0 Å². The zero-order chi connectivity index (χ0) is 15.5. The van der Waals surface area contributed by atoms with E-state index in [9.17, 15) is 9.59 Å². The summed E-state index contributed by atoms with van der Waals surface area (Å²) in [6.45, 7) is 1.97. The molecule has 0 rings (SSSR count). The van der Waals surface area contributed by atoms with Crippen molar-refractivity contribution in [1.82, 2.24) is 10.2 Å². The van der Waals surface area contributed by atoms with Gasteiger partial charge in [0, 0.05) is 13.6 Å². The highest BCUT2D eigenvalue weighted by Gasteiger charge is 2.13. The van der Waals surface area contributed by atoms with E-state index in [-0.39, 0.29) is 31.5 Å². The monoisotopic (exact) mass is 362 g/mol. The van der Waals surface area contributed by atoms with Crippen molar-refractivity contribution in [2.24, 2.45) is 10.9 Å². The predicted molar refractivity (Wildman–Crippen MR) is 86.0 cm³/mol. The van der Waals surface area contributed by atoms with Crippen LogP contribution in [0.15, 0.2) is 5.16 Å². The van der Waals surface area contributed by atoms with E-state index in [2.05, 4.69) is 10.5 Å². The van der Waals surface area contributed by atoms with Crippen molar-refractivity contribution in [1.29, 1.82) is 0 Å². The van der Waals surface area contributed by atoms with E-state index in [0.717, 1.165) is 0 Å². The van der Waals surface area contributed by atoms with Gasteiger partial charge in [0.15, 0.2) is 6.73 Å². The van der Waals surface area contributed by atoms with Gasteiger partial charge in [0.1, 0.15) is 11.9 Å². The lowest BCUT2D eigenvalue weighted by molar-refractivity contribution is -0.138.